The maximum atomic E-state index is 11.9. The Morgan fingerprint density at radius 3 is 2.11 bits per heavy atom. The number of ether oxygens (including phenoxy) is 1. The summed E-state index contributed by atoms with van der Waals surface area (Å²) >= 11 is 0. The molecular weight excluding hydrogens is 378 g/mol. The van der Waals surface area contributed by atoms with E-state index in [-0.39, 0.29) is 31.3 Å². The SMILES string of the molecule is CCO[Si](CCCNC(=O)CCC(=O)OCc1ccccc1)(OCC)OCC. The number of nitrogens with one attached hydrogen (secondary N) is 1. The molecule has 0 aliphatic heterocycles. The maximum Gasteiger partial charge on any atom is 0.500 e. The molecule has 7 nitrogen and oxygen atoms in total. The number of rotatable bonds is 15. The topological polar surface area (TPSA) is 83.1 Å². The second kappa shape index (κ2) is 14.3. The summed E-state index contributed by atoms with van der Waals surface area (Å²) in [5.74, 6) is -0.553. The molecule has 1 aromatic carbocycles. The lowest BCUT2D eigenvalue weighted by Gasteiger charge is -2.28. The highest BCUT2D eigenvalue weighted by Gasteiger charge is 2.39. The highest BCUT2D eigenvalue weighted by Crippen LogP contribution is 2.17. The molecule has 0 aromatic heterocycles. The molecule has 0 aliphatic rings. The Kier molecular flexibility index (Phi) is 12.4. The highest BCUT2D eigenvalue weighted by atomic mass is 28.4. The van der Waals surface area contributed by atoms with E-state index in [9.17, 15) is 9.59 Å². The van der Waals surface area contributed by atoms with Crippen LogP contribution in [0.15, 0.2) is 30.3 Å². The first-order valence-corrected chi connectivity index (χ1v) is 11.9. The smallest absolute Gasteiger partial charge is 0.461 e. The average molecular weight is 412 g/mol. The minimum atomic E-state index is -2.67. The van der Waals surface area contributed by atoms with Gasteiger partial charge in [-0.1, -0.05) is 30.3 Å². The quantitative estimate of drug-likeness (QED) is 0.271. The van der Waals surface area contributed by atoms with Gasteiger partial charge in [-0.25, -0.2) is 0 Å². The number of esters is 1. The van der Waals surface area contributed by atoms with Crippen molar-refractivity contribution in [3.8, 4) is 0 Å². The molecule has 0 heterocycles. The van der Waals surface area contributed by atoms with Gasteiger partial charge < -0.3 is 23.3 Å². The van der Waals surface area contributed by atoms with Crippen LogP contribution >= 0.6 is 0 Å². The summed E-state index contributed by atoms with van der Waals surface area (Å²) in [5.41, 5.74) is 0.922. The van der Waals surface area contributed by atoms with Gasteiger partial charge >= 0.3 is 14.8 Å². The summed E-state index contributed by atoms with van der Waals surface area (Å²) in [6, 6.07) is 10.1. The molecule has 0 spiro atoms. The van der Waals surface area contributed by atoms with Gasteiger partial charge in [0.25, 0.3) is 0 Å². The Balaban J connectivity index is 2.23. The maximum absolute atomic E-state index is 11.9. The van der Waals surface area contributed by atoms with Gasteiger partial charge in [-0.15, -0.1) is 0 Å². The van der Waals surface area contributed by atoms with Crippen molar-refractivity contribution < 1.29 is 27.6 Å². The summed E-state index contributed by atoms with van der Waals surface area (Å²) in [4.78, 5) is 23.7. The lowest BCUT2D eigenvalue weighted by atomic mass is 10.2. The molecule has 1 N–H and O–H groups in total. The fourth-order valence-corrected chi connectivity index (χ4v) is 5.26. The summed E-state index contributed by atoms with van der Waals surface area (Å²) in [6.07, 6.45) is 0.864. The van der Waals surface area contributed by atoms with Gasteiger partial charge in [0.1, 0.15) is 6.61 Å². The number of carbonyl (C=O) groups excluding carboxylic acids is 2. The van der Waals surface area contributed by atoms with Gasteiger partial charge in [-0.3, -0.25) is 9.59 Å². The lowest BCUT2D eigenvalue weighted by Crippen LogP contribution is -2.46. The van der Waals surface area contributed by atoms with Crippen molar-refractivity contribution in [2.45, 2.75) is 52.7 Å². The first kappa shape index (κ1) is 24.3. The first-order chi connectivity index (χ1) is 13.5. The minimum Gasteiger partial charge on any atom is -0.461 e. The van der Waals surface area contributed by atoms with Crippen LogP contribution in [0.3, 0.4) is 0 Å². The molecule has 0 radical (unpaired) electrons. The zero-order valence-corrected chi connectivity index (χ0v) is 18.2. The van der Waals surface area contributed by atoms with Crippen molar-refractivity contribution in [2.75, 3.05) is 26.4 Å². The van der Waals surface area contributed by atoms with E-state index in [1.165, 1.54) is 0 Å². The van der Waals surface area contributed by atoms with Gasteiger partial charge in [-0.2, -0.15) is 0 Å². The Morgan fingerprint density at radius 1 is 0.929 bits per heavy atom. The van der Waals surface area contributed by atoms with E-state index in [4.69, 9.17) is 18.0 Å². The summed E-state index contributed by atoms with van der Waals surface area (Å²) < 4.78 is 22.5. The zero-order valence-electron chi connectivity index (χ0n) is 17.2. The van der Waals surface area contributed by atoms with Crippen LogP contribution in [0.25, 0.3) is 0 Å². The lowest BCUT2D eigenvalue weighted by molar-refractivity contribution is -0.146. The van der Waals surface area contributed by atoms with Crippen LogP contribution in [0.4, 0.5) is 0 Å². The van der Waals surface area contributed by atoms with Crippen LogP contribution in [0.5, 0.6) is 0 Å². The van der Waals surface area contributed by atoms with Crippen LogP contribution in [0.2, 0.25) is 6.04 Å². The van der Waals surface area contributed by atoms with Crippen molar-refractivity contribution in [1.82, 2.24) is 5.32 Å². The Hall–Kier alpha value is -1.74. The Morgan fingerprint density at radius 2 is 1.54 bits per heavy atom. The number of carbonyl (C=O) groups is 2. The molecule has 0 atom stereocenters. The van der Waals surface area contributed by atoms with Crippen LogP contribution in [-0.2, 0) is 34.2 Å². The number of hydrogen-bond donors (Lipinski definition) is 1. The largest absolute Gasteiger partial charge is 0.500 e. The van der Waals surface area contributed by atoms with Crippen molar-refractivity contribution in [1.29, 1.82) is 0 Å². The molecule has 28 heavy (non-hydrogen) atoms. The predicted octanol–water partition coefficient (Wildman–Crippen LogP) is 3.06. The molecule has 158 valence electrons. The fraction of sp³-hybridized carbons (Fsp3) is 0.600. The third-order valence-corrected chi connectivity index (χ3v) is 7.02. The van der Waals surface area contributed by atoms with E-state index >= 15 is 0 Å². The van der Waals surface area contributed by atoms with E-state index < -0.39 is 8.80 Å². The third kappa shape index (κ3) is 9.98. The van der Waals surface area contributed by atoms with Gasteiger partial charge in [0.15, 0.2) is 0 Å². The average Bonchev–Trinajstić information content (AvgIpc) is 2.69. The number of hydrogen-bond acceptors (Lipinski definition) is 6. The highest BCUT2D eigenvalue weighted by molar-refractivity contribution is 6.60. The number of benzene rings is 1. The van der Waals surface area contributed by atoms with Gasteiger partial charge in [-0.05, 0) is 32.8 Å². The standard InChI is InChI=1S/C20H33NO6Si/c1-4-25-28(26-5-2,27-6-3)16-10-15-21-19(22)13-14-20(23)24-17-18-11-8-7-9-12-18/h7-9,11-12H,4-6,10,13-17H2,1-3H3,(H,21,22). The second-order valence-corrected chi connectivity index (χ2v) is 8.81. The summed E-state index contributed by atoms with van der Waals surface area (Å²) in [6.45, 7) is 8.05. The van der Waals surface area contributed by atoms with Gasteiger partial charge in [0, 0.05) is 38.8 Å². The summed E-state index contributed by atoms with van der Waals surface area (Å²) in [7, 11) is -2.67. The molecule has 1 amide bonds. The molecule has 0 unspecified atom stereocenters. The number of amides is 1. The van der Waals surface area contributed by atoms with Crippen LogP contribution in [-0.4, -0.2) is 47.0 Å². The van der Waals surface area contributed by atoms with E-state index in [1.807, 2.05) is 51.1 Å². The zero-order chi connectivity index (χ0) is 20.7. The molecule has 0 saturated heterocycles. The molecule has 1 rings (SSSR count). The summed E-state index contributed by atoms with van der Waals surface area (Å²) in [5, 5.41) is 2.82. The van der Waals surface area contributed by atoms with Gasteiger partial charge in [0.2, 0.25) is 5.91 Å². The van der Waals surface area contributed by atoms with E-state index in [0.717, 1.165) is 5.56 Å². The van der Waals surface area contributed by atoms with Crippen molar-refractivity contribution >= 4 is 20.7 Å². The molecule has 0 fully saturated rings. The van der Waals surface area contributed by atoms with Crippen molar-refractivity contribution in [3.63, 3.8) is 0 Å². The molecular formula is C20H33NO6Si. The van der Waals surface area contributed by atoms with Crippen molar-refractivity contribution in [3.05, 3.63) is 35.9 Å². The fourth-order valence-electron chi connectivity index (χ4n) is 2.65. The van der Waals surface area contributed by atoms with Gasteiger partial charge in [0.05, 0.1) is 6.42 Å². The molecule has 8 heteroatoms. The van der Waals surface area contributed by atoms with Crippen LogP contribution < -0.4 is 5.32 Å². The molecule has 1 aromatic rings. The van der Waals surface area contributed by atoms with Crippen LogP contribution in [0.1, 0.15) is 45.6 Å². The van der Waals surface area contributed by atoms with Crippen molar-refractivity contribution in [2.24, 2.45) is 0 Å². The van der Waals surface area contributed by atoms with E-state index in [0.29, 0.717) is 38.8 Å². The molecule has 0 bridgehead atoms. The third-order valence-electron chi connectivity index (χ3n) is 3.87. The predicted molar refractivity (Wildman–Crippen MR) is 109 cm³/mol. The molecule has 0 saturated carbocycles. The first-order valence-electron chi connectivity index (χ1n) is 9.93. The Bertz CT molecular complexity index is 552. The molecule has 0 aliphatic carbocycles. The van der Waals surface area contributed by atoms with E-state index in [1.54, 1.807) is 0 Å². The normalized spacial score (nSPS) is 11.2. The van der Waals surface area contributed by atoms with Crippen LogP contribution in [0, 0.1) is 0 Å². The minimum absolute atomic E-state index is 0.0637. The second-order valence-electron chi connectivity index (χ2n) is 6.08. The monoisotopic (exact) mass is 411 g/mol. The Labute approximate surface area is 169 Å². The van der Waals surface area contributed by atoms with E-state index in [2.05, 4.69) is 5.32 Å².